The molecule has 0 saturated carbocycles. The van der Waals surface area contributed by atoms with E-state index < -0.39 is 0 Å². The first-order valence-corrected chi connectivity index (χ1v) is 5.76. The highest BCUT2D eigenvalue weighted by Crippen LogP contribution is 2.22. The van der Waals surface area contributed by atoms with Gasteiger partial charge in [0.2, 0.25) is 0 Å². The number of likely N-dealkylation sites (N-methyl/N-ethyl adjacent to an activating group) is 1. The van der Waals surface area contributed by atoms with Gasteiger partial charge >= 0.3 is 0 Å². The lowest BCUT2D eigenvalue weighted by Crippen LogP contribution is -2.20. The molecular formula is C14H21NO. The van der Waals surface area contributed by atoms with Crippen LogP contribution in [0.1, 0.15) is 46.8 Å². The maximum Gasteiger partial charge on any atom is 0.176 e. The van der Waals surface area contributed by atoms with Crippen molar-refractivity contribution in [3.05, 3.63) is 34.4 Å². The lowest BCUT2D eigenvalue weighted by Gasteiger charge is -2.13. The summed E-state index contributed by atoms with van der Waals surface area (Å²) in [6, 6.07) is 4.21. The second-order valence-electron chi connectivity index (χ2n) is 4.62. The van der Waals surface area contributed by atoms with E-state index in [4.69, 9.17) is 0 Å². The summed E-state index contributed by atoms with van der Waals surface area (Å²) in [7, 11) is 1.80. The standard InChI is InChI=1S/C14H21NO/c1-9(2)12-6-10(3)11(4)13(7-12)14(16)8-15-5/h6-7,9,15H,8H2,1-5H3. The maximum absolute atomic E-state index is 11.9. The average Bonchev–Trinajstić information content (AvgIpc) is 2.21. The van der Waals surface area contributed by atoms with Crippen molar-refractivity contribution < 1.29 is 4.79 Å². The molecule has 0 amide bonds. The van der Waals surface area contributed by atoms with E-state index in [0.717, 1.165) is 11.1 Å². The van der Waals surface area contributed by atoms with Crippen molar-refractivity contribution in [1.29, 1.82) is 0 Å². The van der Waals surface area contributed by atoms with Crippen molar-refractivity contribution in [3.63, 3.8) is 0 Å². The van der Waals surface area contributed by atoms with Gasteiger partial charge in [-0.3, -0.25) is 4.79 Å². The number of benzene rings is 1. The molecule has 0 aliphatic carbocycles. The molecule has 0 radical (unpaired) electrons. The van der Waals surface area contributed by atoms with E-state index in [-0.39, 0.29) is 5.78 Å². The van der Waals surface area contributed by atoms with Crippen LogP contribution in [-0.2, 0) is 0 Å². The molecule has 2 heteroatoms. The second kappa shape index (κ2) is 5.26. The lowest BCUT2D eigenvalue weighted by molar-refractivity contribution is 0.0993. The molecule has 1 aromatic carbocycles. The second-order valence-corrected chi connectivity index (χ2v) is 4.62. The fourth-order valence-corrected chi connectivity index (χ4v) is 1.77. The highest BCUT2D eigenvalue weighted by molar-refractivity contribution is 5.99. The number of carbonyl (C=O) groups is 1. The SMILES string of the molecule is CNCC(=O)c1cc(C(C)C)cc(C)c1C. The van der Waals surface area contributed by atoms with Gasteiger partial charge in [-0.2, -0.15) is 0 Å². The minimum Gasteiger partial charge on any atom is -0.313 e. The summed E-state index contributed by atoms with van der Waals surface area (Å²) >= 11 is 0. The maximum atomic E-state index is 11.9. The van der Waals surface area contributed by atoms with E-state index in [1.807, 2.05) is 13.0 Å². The van der Waals surface area contributed by atoms with E-state index in [9.17, 15) is 4.79 Å². The summed E-state index contributed by atoms with van der Waals surface area (Å²) in [5, 5.41) is 2.91. The quantitative estimate of drug-likeness (QED) is 0.789. The van der Waals surface area contributed by atoms with E-state index in [1.165, 1.54) is 11.1 Å². The normalized spacial score (nSPS) is 10.9. The van der Waals surface area contributed by atoms with Crippen molar-refractivity contribution in [2.75, 3.05) is 13.6 Å². The zero-order valence-electron chi connectivity index (χ0n) is 10.8. The Morgan fingerprint density at radius 1 is 1.31 bits per heavy atom. The molecule has 0 spiro atoms. The van der Waals surface area contributed by atoms with Gasteiger partial charge < -0.3 is 5.32 Å². The van der Waals surface area contributed by atoms with Crippen molar-refractivity contribution in [3.8, 4) is 0 Å². The summed E-state index contributed by atoms with van der Waals surface area (Å²) in [5.41, 5.74) is 4.40. The predicted molar refractivity (Wildman–Crippen MR) is 68.3 cm³/mol. The van der Waals surface area contributed by atoms with E-state index in [1.54, 1.807) is 7.05 Å². The molecule has 0 fully saturated rings. The number of aryl methyl sites for hydroxylation is 1. The third-order valence-electron chi connectivity index (χ3n) is 2.99. The largest absolute Gasteiger partial charge is 0.313 e. The van der Waals surface area contributed by atoms with Crippen molar-refractivity contribution >= 4 is 5.78 Å². The number of hydrogen-bond donors (Lipinski definition) is 1. The van der Waals surface area contributed by atoms with Gasteiger partial charge in [0.1, 0.15) is 0 Å². The fraction of sp³-hybridized carbons (Fsp3) is 0.500. The molecule has 0 heterocycles. The molecule has 0 unspecified atom stereocenters. The molecule has 0 bridgehead atoms. The molecule has 0 aliphatic heterocycles. The van der Waals surface area contributed by atoms with E-state index >= 15 is 0 Å². The topological polar surface area (TPSA) is 29.1 Å². The van der Waals surface area contributed by atoms with Crippen LogP contribution in [0, 0.1) is 13.8 Å². The Morgan fingerprint density at radius 3 is 2.44 bits per heavy atom. The van der Waals surface area contributed by atoms with Crippen LogP contribution in [0.4, 0.5) is 0 Å². The highest BCUT2D eigenvalue weighted by atomic mass is 16.1. The monoisotopic (exact) mass is 219 g/mol. The molecule has 1 rings (SSSR count). The Kier molecular flexibility index (Phi) is 4.25. The van der Waals surface area contributed by atoms with Crippen LogP contribution in [-0.4, -0.2) is 19.4 Å². The highest BCUT2D eigenvalue weighted by Gasteiger charge is 2.12. The summed E-state index contributed by atoms with van der Waals surface area (Å²) < 4.78 is 0. The molecule has 0 aromatic heterocycles. The van der Waals surface area contributed by atoms with Crippen LogP contribution in [0.2, 0.25) is 0 Å². The summed E-state index contributed by atoms with van der Waals surface area (Å²) in [6.45, 7) is 8.79. The van der Waals surface area contributed by atoms with Gasteiger partial charge in [-0.05, 0) is 49.6 Å². The smallest absolute Gasteiger partial charge is 0.176 e. The van der Waals surface area contributed by atoms with Crippen molar-refractivity contribution in [1.82, 2.24) is 5.32 Å². The van der Waals surface area contributed by atoms with Crippen molar-refractivity contribution in [2.45, 2.75) is 33.6 Å². The Hall–Kier alpha value is -1.15. The molecule has 0 atom stereocenters. The van der Waals surface area contributed by atoms with Gasteiger partial charge in [-0.15, -0.1) is 0 Å². The Labute approximate surface area is 98.1 Å². The number of ketones is 1. The van der Waals surface area contributed by atoms with Crippen LogP contribution in [0.15, 0.2) is 12.1 Å². The number of hydrogen-bond acceptors (Lipinski definition) is 2. The third kappa shape index (κ3) is 2.70. The Morgan fingerprint density at radius 2 is 1.94 bits per heavy atom. The molecule has 1 N–H and O–H groups in total. The first kappa shape index (κ1) is 12.9. The molecule has 0 saturated heterocycles. The van der Waals surface area contributed by atoms with Crippen LogP contribution < -0.4 is 5.32 Å². The number of nitrogens with one attached hydrogen (secondary N) is 1. The van der Waals surface area contributed by atoms with Crippen LogP contribution in [0.5, 0.6) is 0 Å². The van der Waals surface area contributed by atoms with E-state index in [2.05, 4.69) is 32.2 Å². The van der Waals surface area contributed by atoms with Gasteiger partial charge in [-0.25, -0.2) is 0 Å². The van der Waals surface area contributed by atoms with Crippen LogP contribution in [0.3, 0.4) is 0 Å². The van der Waals surface area contributed by atoms with Gasteiger partial charge in [0.05, 0.1) is 6.54 Å². The molecule has 88 valence electrons. The predicted octanol–water partition coefficient (Wildman–Crippen LogP) is 2.83. The Balaban J connectivity index is 3.21. The number of rotatable bonds is 4. The van der Waals surface area contributed by atoms with Gasteiger partial charge in [-0.1, -0.05) is 19.9 Å². The van der Waals surface area contributed by atoms with Gasteiger partial charge in [0.25, 0.3) is 0 Å². The average molecular weight is 219 g/mol. The first-order valence-electron chi connectivity index (χ1n) is 5.76. The van der Waals surface area contributed by atoms with Crippen LogP contribution in [0.25, 0.3) is 0 Å². The molecule has 1 aromatic rings. The number of carbonyl (C=O) groups excluding carboxylic acids is 1. The van der Waals surface area contributed by atoms with E-state index in [0.29, 0.717) is 12.5 Å². The Bertz CT molecular complexity index is 394. The summed E-state index contributed by atoms with van der Waals surface area (Å²) in [4.78, 5) is 11.9. The van der Waals surface area contributed by atoms with Crippen molar-refractivity contribution in [2.24, 2.45) is 0 Å². The fourth-order valence-electron chi connectivity index (χ4n) is 1.77. The van der Waals surface area contributed by atoms with Gasteiger partial charge in [0, 0.05) is 5.56 Å². The molecule has 16 heavy (non-hydrogen) atoms. The minimum atomic E-state index is 0.172. The first-order chi connectivity index (χ1) is 7.47. The molecular weight excluding hydrogens is 198 g/mol. The minimum absolute atomic E-state index is 0.172. The third-order valence-corrected chi connectivity index (χ3v) is 2.99. The van der Waals surface area contributed by atoms with Gasteiger partial charge in [0.15, 0.2) is 5.78 Å². The zero-order valence-corrected chi connectivity index (χ0v) is 10.8. The lowest BCUT2D eigenvalue weighted by atomic mass is 9.92. The molecule has 0 aliphatic rings. The summed E-state index contributed by atoms with van der Waals surface area (Å²) in [6.07, 6.45) is 0. The summed E-state index contributed by atoms with van der Waals surface area (Å²) in [5.74, 6) is 0.631. The zero-order chi connectivity index (χ0) is 12.3. The number of Topliss-reactive ketones (excluding diaryl/α,β-unsaturated/α-hetero) is 1. The van der Waals surface area contributed by atoms with Crippen LogP contribution >= 0.6 is 0 Å². The molecule has 2 nitrogen and oxygen atoms in total.